The molecular formula is C18H21N5O4. The van der Waals surface area contributed by atoms with Crippen LogP contribution in [-0.2, 0) is 9.59 Å². The van der Waals surface area contributed by atoms with Crippen LogP contribution in [0.3, 0.4) is 0 Å². The summed E-state index contributed by atoms with van der Waals surface area (Å²) in [6.07, 6.45) is 4.11. The van der Waals surface area contributed by atoms with Crippen LogP contribution in [0.4, 0.5) is 0 Å². The highest BCUT2D eigenvalue weighted by Crippen LogP contribution is 2.18. The molecule has 0 aliphatic carbocycles. The van der Waals surface area contributed by atoms with Crippen molar-refractivity contribution in [3.8, 4) is 5.69 Å². The predicted molar refractivity (Wildman–Crippen MR) is 95.3 cm³/mol. The summed E-state index contributed by atoms with van der Waals surface area (Å²) < 4.78 is 1.55. The van der Waals surface area contributed by atoms with Crippen LogP contribution in [0.5, 0.6) is 0 Å². The van der Waals surface area contributed by atoms with Crippen LogP contribution >= 0.6 is 0 Å². The van der Waals surface area contributed by atoms with Gasteiger partial charge in [0.1, 0.15) is 0 Å². The first kappa shape index (κ1) is 18.6. The van der Waals surface area contributed by atoms with E-state index in [9.17, 15) is 14.4 Å². The maximum atomic E-state index is 12.7. The topological polar surface area (TPSA) is 109 Å². The lowest BCUT2D eigenvalue weighted by Crippen LogP contribution is -2.45. The van der Waals surface area contributed by atoms with E-state index in [1.807, 2.05) is 6.07 Å². The zero-order valence-electron chi connectivity index (χ0n) is 15.0. The minimum atomic E-state index is -0.818. The van der Waals surface area contributed by atoms with Gasteiger partial charge in [0.05, 0.1) is 30.5 Å². The Bertz CT molecular complexity index is 828. The zero-order valence-corrected chi connectivity index (χ0v) is 15.0. The van der Waals surface area contributed by atoms with Crippen molar-refractivity contribution in [3.63, 3.8) is 0 Å². The average Bonchev–Trinajstić information content (AvgIpc) is 3.22. The summed E-state index contributed by atoms with van der Waals surface area (Å²) in [7, 11) is 1.58. The lowest BCUT2D eigenvalue weighted by atomic mass is 9.97. The normalized spacial score (nSPS) is 14.8. The molecule has 0 saturated carbocycles. The Labute approximate surface area is 156 Å². The number of carboxylic acids is 1. The number of likely N-dealkylation sites (N-methyl/N-ethyl adjacent to an activating group) is 1. The molecule has 2 aromatic rings. The molecular weight excluding hydrogens is 350 g/mol. The molecule has 1 aliphatic heterocycles. The third kappa shape index (κ3) is 4.30. The van der Waals surface area contributed by atoms with Crippen LogP contribution in [0.25, 0.3) is 5.69 Å². The molecule has 0 atom stereocenters. The highest BCUT2D eigenvalue weighted by molar-refractivity contribution is 5.96. The summed E-state index contributed by atoms with van der Waals surface area (Å²) in [5, 5.41) is 16.7. The molecule has 1 saturated heterocycles. The maximum absolute atomic E-state index is 12.7. The van der Waals surface area contributed by atoms with Gasteiger partial charge in [-0.05, 0) is 31.0 Å². The van der Waals surface area contributed by atoms with Gasteiger partial charge in [0, 0.05) is 25.7 Å². The van der Waals surface area contributed by atoms with E-state index in [-0.39, 0.29) is 18.4 Å². The number of hydrogen-bond donors (Lipinski definition) is 1. The number of carbonyl (C=O) groups is 3. The minimum absolute atomic E-state index is 0.0515. The van der Waals surface area contributed by atoms with E-state index in [0.29, 0.717) is 37.2 Å². The Hall–Kier alpha value is -3.23. The largest absolute Gasteiger partial charge is 0.481 e. The fourth-order valence-corrected chi connectivity index (χ4v) is 3.10. The first-order valence-corrected chi connectivity index (χ1v) is 8.68. The lowest BCUT2D eigenvalue weighted by molar-refractivity contribution is -0.145. The summed E-state index contributed by atoms with van der Waals surface area (Å²) in [6, 6.07) is 6.93. The van der Waals surface area contributed by atoms with Crippen molar-refractivity contribution in [2.24, 2.45) is 5.92 Å². The average molecular weight is 371 g/mol. The van der Waals surface area contributed by atoms with Gasteiger partial charge in [0.2, 0.25) is 5.91 Å². The summed E-state index contributed by atoms with van der Waals surface area (Å²) >= 11 is 0. The number of carbonyl (C=O) groups excluding carboxylic acids is 2. The fourth-order valence-electron chi connectivity index (χ4n) is 3.10. The summed E-state index contributed by atoms with van der Waals surface area (Å²) in [5.74, 6) is -1.66. The van der Waals surface area contributed by atoms with Crippen molar-refractivity contribution in [1.82, 2.24) is 24.8 Å². The van der Waals surface area contributed by atoms with Gasteiger partial charge in [-0.3, -0.25) is 14.4 Å². The third-order valence-electron chi connectivity index (χ3n) is 4.70. The Morgan fingerprint density at radius 3 is 2.63 bits per heavy atom. The lowest BCUT2D eigenvalue weighted by Gasteiger charge is -2.31. The number of piperidine rings is 1. The summed E-state index contributed by atoms with van der Waals surface area (Å²) in [4.78, 5) is 39.1. The number of aromatic nitrogens is 3. The second-order valence-corrected chi connectivity index (χ2v) is 6.55. The smallest absolute Gasteiger partial charge is 0.306 e. The van der Waals surface area contributed by atoms with E-state index < -0.39 is 11.9 Å². The second-order valence-electron chi connectivity index (χ2n) is 6.55. The van der Waals surface area contributed by atoms with Crippen LogP contribution in [0.15, 0.2) is 36.7 Å². The first-order chi connectivity index (χ1) is 13.0. The Balaban J connectivity index is 1.60. The number of likely N-dealkylation sites (tertiary alicyclic amines) is 1. The third-order valence-corrected chi connectivity index (χ3v) is 4.70. The van der Waals surface area contributed by atoms with Crippen LogP contribution in [0.1, 0.15) is 23.2 Å². The zero-order chi connectivity index (χ0) is 19.4. The highest BCUT2D eigenvalue weighted by Gasteiger charge is 2.28. The number of nitrogens with zero attached hydrogens (tertiary/aromatic N) is 5. The van der Waals surface area contributed by atoms with Crippen molar-refractivity contribution in [2.45, 2.75) is 12.8 Å². The predicted octanol–water partition coefficient (Wildman–Crippen LogP) is 0.662. The van der Waals surface area contributed by atoms with Crippen molar-refractivity contribution in [1.29, 1.82) is 0 Å². The van der Waals surface area contributed by atoms with Crippen molar-refractivity contribution < 1.29 is 19.5 Å². The number of hydrogen-bond acceptors (Lipinski definition) is 5. The first-order valence-electron chi connectivity index (χ1n) is 8.68. The fraction of sp³-hybridized carbons (Fsp3) is 0.389. The van der Waals surface area contributed by atoms with E-state index in [2.05, 4.69) is 10.3 Å². The standard InChI is InChI=1S/C18H21N5O4/c1-21(12-16(24)22-8-5-13(6-9-22)18(26)27)17(25)14-3-2-4-15(11-14)23-10-7-19-20-23/h2-4,7,10-11,13H,5-6,8-9,12H2,1H3,(H,26,27). The Kier molecular flexibility index (Phi) is 5.49. The number of rotatable bonds is 5. The molecule has 27 heavy (non-hydrogen) atoms. The van der Waals surface area contributed by atoms with Gasteiger partial charge in [-0.2, -0.15) is 0 Å². The van der Waals surface area contributed by atoms with Gasteiger partial charge < -0.3 is 14.9 Å². The van der Waals surface area contributed by atoms with E-state index in [1.165, 1.54) is 4.90 Å². The molecule has 1 aromatic heterocycles. The molecule has 1 aromatic carbocycles. The van der Waals surface area contributed by atoms with E-state index in [0.717, 1.165) is 0 Å². The van der Waals surface area contributed by atoms with Gasteiger partial charge >= 0.3 is 5.97 Å². The van der Waals surface area contributed by atoms with E-state index >= 15 is 0 Å². The molecule has 1 fully saturated rings. The van der Waals surface area contributed by atoms with Crippen molar-refractivity contribution >= 4 is 17.8 Å². The number of aliphatic carboxylic acids is 1. The SMILES string of the molecule is CN(CC(=O)N1CCC(C(=O)O)CC1)C(=O)c1cccc(-n2ccnn2)c1. The molecule has 2 amide bonds. The molecule has 0 spiro atoms. The van der Waals surface area contributed by atoms with E-state index in [4.69, 9.17) is 5.11 Å². The Morgan fingerprint density at radius 2 is 2.00 bits per heavy atom. The highest BCUT2D eigenvalue weighted by atomic mass is 16.4. The molecule has 9 heteroatoms. The van der Waals surface area contributed by atoms with Gasteiger partial charge in [0.15, 0.2) is 0 Å². The molecule has 3 rings (SSSR count). The number of benzene rings is 1. The quantitative estimate of drug-likeness (QED) is 0.827. The summed E-state index contributed by atoms with van der Waals surface area (Å²) in [5.41, 5.74) is 1.15. The number of amides is 2. The summed E-state index contributed by atoms with van der Waals surface area (Å²) in [6.45, 7) is 0.753. The van der Waals surface area contributed by atoms with Gasteiger partial charge in [-0.1, -0.05) is 11.3 Å². The maximum Gasteiger partial charge on any atom is 0.306 e. The minimum Gasteiger partial charge on any atom is -0.481 e. The molecule has 0 radical (unpaired) electrons. The van der Waals surface area contributed by atoms with Crippen molar-refractivity contribution in [3.05, 3.63) is 42.2 Å². The van der Waals surface area contributed by atoms with Crippen LogP contribution < -0.4 is 0 Å². The molecule has 0 bridgehead atoms. The Morgan fingerprint density at radius 1 is 1.26 bits per heavy atom. The van der Waals surface area contributed by atoms with Crippen LogP contribution in [0, 0.1) is 5.92 Å². The molecule has 1 aliphatic rings. The molecule has 1 N–H and O–H groups in total. The van der Waals surface area contributed by atoms with Gasteiger partial charge in [-0.15, -0.1) is 5.10 Å². The molecule has 9 nitrogen and oxygen atoms in total. The molecule has 142 valence electrons. The van der Waals surface area contributed by atoms with Crippen LogP contribution in [0.2, 0.25) is 0 Å². The number of carboxylic acid groups (broad SMARTS) is 1. The van der Waals surface area contributed by atoms with Crippen molar-refractivity contribution in [2.75, 3.05) is 26.7 Å². The van der Waals surface area contributed by atoms with Gasteiger partial charge in [-0.25, -0.2) is 4.68 Å². The molecule has 0 unspecified atom stereocenters. The van der Waals surface area contributed by atoms with Gasteiger partial charge in [0.25, 0.3) is 5.91 Å². The van der Waals surface area contributed by atoms with Crippen LogP contribution in [-0.4, -0.2) is 74.4 Å². The monoisotopic (exact) mass is 371 g/mol. The second kappa shape index (κ2) is 7.98. The van der Waals surface area contributed by atoms with E-state index in [1.54, 1.807) is 47.2 Å². The molecule has 2 heterocycles.